The normalized spacial score (nSPS) is 29.7. The number of hydrogen-bond donors (Lipinski definition) is 1. The number of rotatable bonds is 4. The summed E-state index contributed by atoms with van der Waals surface area (Å²) in [4.78, 5) is 14.1. The highest BCUT2D eigenvalue weighted by Crippen LogP contribution is 2.34. The van der Waals surface area contributed by atoms with Crippen LogP contribution in [0.1, 0.15) is 45.4 Å². The van der Waals surface area contributed by atoms with Gasteiger partial charge in [0.2, 0.25) is 0 Å². The van der Waals surface area contributed by atoms with Gasteiger partial charge in [-0.25, -0.2) is 4.79 Å². The Morgan fingerprint density at radius 2 is 1.94 bits per heavy atom. The minimum absolute atomic E-state index is 0.0587. The molecule has 2 rings (SSSR count). The summed E-state index contributed by atoms with van der Waals surface area (Å²) in [7, 11) is 3.65. The molecule has 18 heavy (non-hydrogen) atoms. The molecule has 4 heteroatoms. The standard InChI is InChI=1S/C14H26N2O2/c1-10(11-8-9-11)16(2)14(17)15-12-6-4-5-7-13(12)18-3/h10-13H,4-9H2,1-3H3,(H,15,17)/t10-,12+,13-/m1/s1. The summed E-state index contributed by atoms with van der Waals surface area (Å²) in [5.41, 5.74) is 0. The van der Waals surface area contributed by atoms with Crippen molar-refractivity contribution in [2.45, 2.75) is 63.6 Å². The van der Waals surface area contributed by atoms with E-state index in [1.54, 1.807) is 7.11 Å². The Hall–Kier alpha value is -0.770. The van der Waals surface area contributed by atoms with Crippen LogP contribution in [0.25, 0.3) is 0 Å². The molecule has 4 nitrogen and oxygen atoms in total. The average molecular weight is 254 g/mol. The Bertz CT molecular complexity index is 292. The summed E-state index contributed by atoms with van der Waals surface area (Å²) in [6.07, 6.45) is 7.21. The largest absolute Gasteiger partial charge is 0.379 e. The number of carbonyl (C=O) groups is 1. The summed E-state index contributed by atoms with van der Waals surface area (Å²) in [6.45, 7) is 2.14. The van der Waals surface area contributed by atoms with Gasteiger partial charge < -0.3 is 15.0 Å². The molecule has 0 unspecified atom stereocenters. The van der Waals surface area contributed by atoms with Crippen molar-refractivity contribution in [3.63, 3.8) is 0 Å². The molecule has 0 radical (unpaired) electrons. The lowest BCUT2D eigenvalue weighted by molar-refractivity contribution is 0.0427. The van der Waals surface area contributed by atoms with Crippen LogP contribution in [0.2, 0.25) is 0 Å². The van der Waals surface area contributed by atoms with Gasteiger partial charge in [0.25, 0.3) is 0 Å². The highest BCUT2D eigenvalue weighted by atomic mass is 16.5. The lowest BCUT2D eigenvalue weighted by Crippen LogP contribution is -2.52. The van der Waals surface area contributed by atoms with E-state index in [9.17, 15) is 4.79 Å². The minimum Gasteiger partial charge on any atom is -0.379 e. The van der Waals surface area contributed by atoms with Gasteiger partial charge in [0.15, 0.2) is 0 Å². The number of ether oxygens (including phenoxy) is 1. The van der Waals surface area contributed by atoms with E-state index in [0.29, 0.717) is 12.0 Å². The molecule has 0 spiro atoms. The third kappa shape index (κ3) is 3.16. The van der Waals surface area contributed by atoms with Crippen LogP contribution in [0.5, 0.6) is 0 Å². The Morgan fingerprint density at radius 3 is 2.56 bits per heavy atom. The molecule has 2 saturated carbocycles. The maximum Gasteiger partial charge on any atom is 0.317 e. The number of amides is 2. The molecular weight excluding hydrogens is 228 g/mol. The number of nitrogens with zero attached hydrogens (tertiary/aromatic N) is 1. The predicted octanol–water partition coefficient (Wildman–Crippen LogP) is 2.38. The van der Waals surface area contributed by atoms with Crippen LogP contribution >= 0.6 is 0 Å². The van der Waals surface area contributed by atoms with Gasteiger partial charge in [-0.1, -0.05) is 12.8 Å². The van der Waals surface area contributed by atoms with Gasteiger partial charge in [0.05, 0.1) is 12.1 Å². The second-order valence-corrected chi connectivity index (χ2v) is 5.80. The monoisotopic (exact) mass is 254 g/mol. The molecule has 2 amide bonds. The number of carbonyl (C=O) groups excluding carboxylic acids is 1. The molecule has 0 heterocycles. The molecule has 2 aliphatic carbocycles. The zero-order valence-electron chi connectivity index (χ0n) is 11.8. The molecule has 3 atom stereocenters. The molecule has 0 aromatic carbocycles. The van der Waals surface area contributed by atoms with Crippen LogP contribution in [-0.4, -0.2) is 43.3 Å². The highest BCUT2D eigenvalue weighted by Gasteiger charge is 2.34. The van der Waals surface area contributed by atoms with Crippen molar-refractivity contribution >= 4 is 6.03 Å². The van der Waals surface area contributed by atoms with Gasteiger partial charge in [-0.05, 0) is 38.5 Å². The summed E-state index contributed by atoms with van der Waals surface area (Å²) >= 11 is 0. The van der Waals surface area contributed by atoms with Crippen LogP contribution in [0.4, 0.5) is 4.79 Å². The first-order valence-corrected chi connectivity index (χ1v) is 7.19. The first-order chi connectivity index (χ1) is 8.63. The van der Waals surface area contributed by atoms with Gasteiger partial charge in [-0.3, -0.25) is 0 Å². The van der Waals surface area contributed by atoms with Crippen LogP contribution in [-0.2, 0) is 4.74 Å². The molecule has 0 aliphatic heterocycles. The second-order valence-electron chi connectivity index (χ2n) is 5.80. The molecule has 104 valence electrons. The molecule has 0 aromatic heterocycles. The van der Waals surface area contributed by atoms with Crippen molar-refractivity contribution in [2.24, 2.45) is 5.92 Å². The Labute approximate surface area is 110 Å². The number of nitrogens with one attached hydrogen (secondary N) is 1. The number of hydrogen-bond acceptors (Lipinski definition) is 2. The quantitative estimate of drug-likeness (QED) is 0.837. The fraction of sp³-hybridized carbons (Fsp3) is 0.929. The third-order valence-electron chi connectivity index (χ3n) is 4.55. The van der Waals surface area contributed by atoms with Crippen molar-refractivity contribution in [1.82, 2.24) is 10.2 Å². The maximum atomic E-state index is 12.2. The smallest absolute Gasteiger partial charge is 0.317 e. The van der Waals surface area contributed by atoms with E-state index >= 15 is 0 Å². The molecule has 2 fully saturated rings. The van der Waals surface area contributed by atoms with Gasteiger partial charge in [0, 0.05) is 20.2 Å². The molecular formula is C14H26N2O2. The molecule has 0 saturated heterocycles. The van der Waals surface area contributed by atoms with Crippen LogP contribution in [0, 0.1) is 5.92 Å². The Balaban J connectivity index is 1.84. The second kappa shape index (κ2) is 5.91. The van der Waals surface area contributed by atoms with Crippen molar-refractivity contribution in [2.75, 3.05) is 14.2 Å². The highest BCUT2D eigenvalue weighted by molar-refractivity contribution is 5.74. The van der Waals surface area contributed by atoms with Gasteiger partial charge in [-0.15, -0.1) is 0 Å². The third-order valence-corrected chi connectivity index (χ3v) is 4.55. The molecule has 0 aromatic rings. The first-order valence-electron chi connectivity index (χ1n) is 7.19. The summed E-state index contributed by atoms with van der Waals surface area (Å²) in [5, 5.41) is 3.15. The number of methoxy groups -OCH3 is 1. The first kappa shape index (κ1) is 13.7. The van der Waals surface area contributed by atoms with Gasteiger partial charge in [-0.2, -0.15) is 0 Å². The van der Waals surface area contributed by atoms with Crippen LogP contribution < -0.4 is 5.32 Å². The van der Waals surface area contributed by atoms with E-state index in [-0.39, 0.29) is 18.2 Å². The Kier molecular flexibility index (Phi) is 4.49. The van der Waals surface area contributed by atoms with Gasteiger partial charge >= 0.3 is 6.03 Å². The van der Waals surface area contributed by atoms with Crippen molar-refractivity contribution < 1.29 is 9.53 Å². The lowest BCUT2D eigenvalue weighted by Gasteiger charge is -2.34. The van der Waals surface area contributed by atoms with E-state index in [1.165, 1.54) is 25.7 Å². The lowest BCUT2D eigenvalue weighted by atomic mass is 9.92. The maximum absolute atomic E-state index is 12.2. The minimum atomic E-state index is 0.0587. The van der Waals surface area contributed by atoms with E-state index in [0.717, 1.165) is 12.8 Å². The van der Waals surface area contributed by atoms with E-state index in [1.807, 2.05) is 11.9 Å². The molecule has 2 aliphatic rings. The SMILES string of the molecule is CO[C@@H]1CCCC[C@@H]1NC(=O)N(C)[C@H](C)C1CC1. The summed E-state index contributed by atoms with van der Waals surface area (Å²) in [5.74, 6) is 0.713. The fourth-order valence-electron chi connectivity index (χ4n) is 2.88. The van der Waals surface area contributed by atoms with Crippen molar-refractivity contribution in [1.29, 1.82) is 0 Å². The van der Waals surface area contributed by atoms with E-state index in [4.69, 9.17) is 4.74 Å². The fourth-order valence-corrected chi connectivity index (χ4v) is 2.88. The van der Waals surface area contributed by atoms with E-state index < -0.39 is 0 Å². The zero-order valence-corrected chi connectivity index (χ0v) is 11.8. The summed E-state index contributed by atoms with van der Waals surface area (Å²) < 4.78 is 5.47. The zero-order chi connectivity index (χ0) is 13.1. The van der Waals surface area contributed by atoms with E-state index in [2.05, 4.69) is 12.2 Å². The van der Waals surface area contributed by atoms with Crippen molar-refractivity contribution in [3.05, 3.63) is 0 Å². The van der Waals surface area contributed by atoms with Gasteiger partial charge in [0.1, 0.15) is 0 Å². The predicted molar refractivity (Wildman–Crippen MR) is 71.5 cm³/mol. The Morgan fingerprint density at radius 1 is 1.28 bits per heavy atom. The topological polar surface area (TPSA) is 41.6 Å². The van der Waals surface area contributed by atoms with Crippen LogP contribution in [0.15, 0.2) is 0 Å². The molecule has 0 bridgehead atoms. The molecule has 1 N–H and O–H groups in total. The van der Waals surface area contributed by atoms with Crippen molar-refractivity contribution in [3.8, 4) is 0 Å². The average Bonchev–Trinajstić information content (AvgIpc) is 3.22. The number of urea groups is 1. The van der Waals surface area contributed by atoms with Crippen LogP contribution in [0.3, 0.4) is 0 Å². The summed E-state index contributed by atoms with van der Waals surface area (Å²) in [6, 6.07) is 0.600.